The van der Waals surface area contributed by atoms with Crippen molar-refractivity contribution in [2.24, 2.45) is 5.92 Å². The molecule has 2 unspecified atom stereocenters. The van der Waals surface area contributed by atoms with Crippen LogP contribution in [0.4, 0.5) is 4.79 Å². The Bertz CT molecular complexity index is 411. The Kier molecular flexibility index (Phi) is 3.18. The van der Waals surface area contributed by atoms with E-state index in [2.05, 4.69) is 4.90 Å². The first-order valence-corrected chi connectivity index (χ1v) is 7.65. The van der Waals surface area contributed by atoms with Crippen LogP contribution in [0.3, 0.4) is 0 Å². The molecule has 0 radical (unpaired) electrons. The molecular formula is C15H24N2O3. The summed E-state index contributed by atoms with van der Waals surface area (Å²) in [5.41, 5.74) is -0.461. The monoisotopic (exact) mass is 280 g/mol. The van der Waals surface area contributed by atoms with Crippen molar-refractivity contribution in [3.05, 3.63) is 0 Å². The Morgan fingerprint density at radius 3 is 2.00 bits per heavy atom. The van der Waals surface area contributed by atoms with Crippen LogP contribution < -0.4 is 0 Å². The predicted molar refractivity (Wildman–Crippen MR) is 74.2 cm³/mol. The zero-order valence-electron chi connectivity index (χ0n) is 12.6. The van der Waals surface area contributed by atoms with Gasteiger partial charge < -0.3 is 14.5 Å². The molecule has 0 aromatic heterocycles. The molecule has 2 heterocycles. The van der Waals surface area contributed by atoms with Crippen molar-refractivity contribution in [2.75, 3.05) is 13.1 Å². The number of fused-ring (bicyclic) bond motifs is 2. The normalized spacial score (nSPS) is 29.6. The zero-order chi connectivity index (χ0) is 14.5. The summed E-state index contributed by atoms with van der Waals surface area (Å²) in [6.07, 6.45) is 3.88. The van der Waals surface area contributed by atoms with Crippen LogP contribution in [0.5, 0.6) is 0 Å². The number of amides is 2. The van der Waals surface area contributed by atoms with Crippen LogP contribution in [0.25, 0.3) is 0 Å². The summed E-state index contributed by atoms with van der Waals surface area (Å²) in [7, 11) is 0. The number of carbonyl (C=O) groups is 2. The Balaban J connectivity index is 1.64. The summed E-state index contributed by atoms with van der Waals surface area (Å²) in [6, 6.07) is 0.406. The molecule has 0 N–H and O–H groups in total. The molecule has 2 aliphatic heterocycles. The fraction of sp³-hybridized carbons (Fsp3) is 0.867. The van der Waals surface area contributed by atoms with Crippen molar-refractivity contribution in [1.29, 1.82) is 0 Å². The molecule has 112 valence electrons. The summed E-state index contributed by atoms with van der Waals surface area (Å²) in [4.78, 5) is 28.3. The maximum Gasteiger partial charge on any atom is 0.410 e. The molecule has 2 bridgehead atoms. The maximum absolute atomic E-state index is 12.3. The molecule has 2 atom stereocenters. The van der Waals surface area contributed by atoms with E-state index in [4.69, 9.17) is 4.74 Å². The van der Waals surface area contributed by atoms with Gasteiger partial charge >= 0.3 is 6.09 Å². The Morgan fingerprint density at radius 2 is 1.55 bits per heavy atom. The van der Waals surface area contributed by atoms with Crippen molar-refractivity contribution in [2.45, 2.75) is 64.1 Å². The molecule has 3 fully saturated rings. The molecule has 5 nitrogen and oxygen atoms in total. The number of nitrogens with zero attached hydrogens (tertiary/aromatic N) is 2. The van der Waals surface area contributed by atoms with Gasteiger partial charge in [-0.2, -0.15) is 0 Å². The van der Waals surface area contributed by atoms with Crippen LogP contribution in [-0.2, 0) is 9.53 Å². The van der Waals surface area contributed by atoms with Gasteiger partial charge in [0.1, 0.15) is 5.60 Å². The number of ether oxygens (including phenoxy) is 1. The summed E-state index contributed by atoms with van der Waals surface area (Å²) < 4.78 is 5.44. The molecular weight excluding hydrogens is 256 g/mol. The number of piperazine rings is 1. The average Bonchev–Trinajstić information content (AvgIpc) is 3.12. The van der Waals surface area contributed by atoms with Gasteiger partial charge in [-0.1, -0.05) is 0 Å². The van der Waals surface area contributed by atoms with Gasteiger partial charge in [0.25, 0.3) is 0 Å². The second kappa shape index (κ2) is 4.64. The van der Waals surface area contributed by atoms with Crippen molar-refractivity contribution >= 4 is 12.0 Å². The second-order valence-electron chi connectivity index (χ2n) is 7.29. The highest BCUT2D eigenvalue weighted by Crippen LogP contribution is 2.38. The molecule has 1 saturated carbocycles. The highest BCUT2D eigenvalue weighted by Gasteiger charge is 2.47. The SMILES string of the molecule is CC(C)(C)OC(=O)N1CC2CCC(C1)N2C(=O)C1CC1. The van der Waals surface area contributed by atoms with Gasteiger partial charge in [0.05, 0.1) is 0 Å². The number of likely N-dealkylation sites (tertiary alicyclic amines) is 1. The molecule has 20 heavy (non-hydrogen) atoms. The van der Waals surface area contributed by atoms with Crippen LogP contribution in [0, 0.1) is 5.92 Å². The first-order valence-electron chi connectivity index (χ1n) is 7.65. The number of hydrogen-bond acceptors (Lipinski definition) is 3. The van der Waals surface area contributed by atoms with Crippen LogP contribution >= 0.6 is 0 Å². The Labute approximate surface area is 120 Å². The minimum atomic E-state index is -0.461. The fourth-order valence-corrected chi connectivity index (χ4v) is 3.28. The van der Waals surface area contributed by atoms with Gasteiger partial charge in [-0.25, -0.2) is 4.79 Å². The molecule has 0 aromatic carbocycles. The van der Waals surface area contributed by atoms with E-state index in [-0.39, 0.29) is 24.1 Å². The summed E-state index contributed by atoms with van der Waals surface area (Å²) in [5, 5.41) is 0. The lowest BCUT2D eigenvalue weighted by Gasteiger charge is -2.41. The van der Waals surface area contributed by atoms with Crippen molar-refractivity contribution in [3.8, 4) is 0 Å². The highest BCUT2D eigenvalue weighted by atomic mass is 16.6. The third-order valence-electron chi connectivity index (χ3n) is 4.31. The van der Waals surface area contributed by atoms with Gasteiger partial charge in [-0.3, -0.25) is 4.79 Å². The van der Waals surface area contributed by atoms with Crippen molar-refractivity contribution in [1.82, 2.24) is 9.80 Å². The predicted octanol–water partition coefficient (Wildman–Crippen LogP) is 2.01. The molecule has 2 saturated heterocycles. The third-order valence-corrected chi connectivity index (χ3v) is 4.31. The van der Waals surface area contributed by atoms with E-state index in [1.807, 2.05) is 20.8 Å². The first-order chi connectivity index (χ1) is 9.35. The zero-order valence-corrected chi connectivity index (χ0v) is 12.6. The van der Waals surface area contributed by atoms with Gasteiger partial charge in [-0.15, -0.1) is 0 Å². The van der Waals surface area contributed by atoms with Gasteiger partial charge in [0, 0.05) is 31.1 Å². The minimum Gasteiger partial charge on any atom is -0.444 e. The molecule has 0 spiro atoms. The second-order valence-corrected chi connectivity index (χ2v) is 7.29. The Hall–Kier alpha value is -1.26. The van der Waals surface area contributed by atoms with E-state index in [0.29, 0.717) is 19.0 Å². The lowest BCUT2D eigenvalue weighted by molar-refractivity contribution is -0.138. The van der Waals surface area contributed by atoms with E-state index in [1.54, 1.807) is 4.90 Å². The molecule has 2 amide bonds. The molecule has 3 rings (SSSR count). The fourth-order valence-electron chi connectivity index (χ4n) is 3.28. The number of hydrogen-bond donors (Lipinski definition) is 0. The largest absolute Gasteiger partial charge is 0.444 e. The van der Waals surface area contributed by atoms with Crippen LogP contribution in [0.2, 0.25) is 0 Å². The van der Waals surface area contributed by atoms with Crippen molar-refractivity contribution < 1.29 is 14.3 Å². The Morgan fingerprint density at radius 1 is 1.00 bits per heavy atom. The maximum atomic E-state index is 12.3. The molecule has 3 aliphatic rings. The first kappa shape index (κ1) is 13.7. The summed E-state index contributed by atoms with van der Waals surface area (Å²) >= 11 is 0. The molecule has 0 aromatic rings. The molecule has 5 heteroatoms. The standard InChI is InChI=1S/C15H24N2O3/c1-15(2,3)20-14(19)16-8-11-6-7-12(9-16)17(11)13(18)10-4-5-10/h10-12H,4-9H2,1-3H3. The van der Waals surface area contributed by atoms with Crippen LogP contribution in [0.15, 0.2) is 0 Å². The summed E-state index contributed by atoms with van der Waals surface area (Å²) in [5.74, 6) is 0.590. The number of carbonyl (C=O) groups excluding carboxylic acids is 2. The van der Waals surface area contributed by atoms with Gasteiger partial charge in [-0.05, 0) is 46.5 Å². The smallest absolute Gasteiger partial charge is 0.410 e. The van der Waals surface area contributed by atoms with Crippen molar-refractivity contribution in [3.63, 3.8) is 0 Å². The van der Waals surface area contributed by atoms with Gasteiger partial charge in [0.15, 0.2) is 0 Å². The summed E-state index contributed by atoms with van der Waals surface area (Å²) in [6.45, 7) is 6.90. The lowest BCUT2D eigenvalue weighted by atomic mass is 10.1. The highest BCUT2D eigenvalue weighted by molar-refractivity contribution is 5.82. The quantitative estimate of drug-likeness (QED) is 0.738. The van der Waals surface area contributed by atoms with Crippen LogP contribution in [0.1, 0.15) is 46.5 Å². The lowest BCUT2D eigenvalue weighted by Crippen LogP contribution is -2.58. The van der Waals surface area contributed by atoms with E-state index < -0.39 is 5.60 Å². The van der Waals surface area contributed by atoms with E-state index in [1.165, 1.54) is 0 Å². The minimum absolute atomic E-state index is 0.203. The molecule has 1 aliphatic carbocycles. The topological polar surface area (TPSA) is 49.9 Å². The van der Waals surface area contributed by atoms with E-state index in [9.17, 15) is 9.59 Å². The number of rotatable bonds is 1. The van der Waals surface area contributed by atoms with E-state index >= 15 is 0 Å². The van der Waals surface area contributed by atoms with Crippen LogP contribution in [-0.4, -0.2) is 52.6 Å². The van der Waals surface area contributed by atoms with E-state index in [0.717, 1.165) is 25.7 Å². The van der Waals surface area contributed by atoms with Gasteiger partial charge in [0.2, 0.25) is 5.91 Å². The average molecular weight is 280 g/mol. The third kappa shape index (κ3) is 2.63.